The molecule has 0 aromatic heterocycles. The molecule has 0 bridgehead atoms. The van der Waals surface area contributed by atoms with Gasteiger partial charge in [-0.25, -0.2) is 0 Å². The molecule has 0 aromatic rings. The van der Waals surface area contributed by atoms with Crippen molar-refractivity contribution >= 4 is 11.9 Å². The van der Waals surface area contributed by atoms with Gasteiger partial charge in [-0.05, 0) is 12.8 Å². The highest BCUT2D eigenvalue weighted by Crippen LogP contribution is 2.17. The first-order chi connectivity index (χ1) is 9.39. The van der Waals surface area contributed by atoms with Crippen LogP contribution in [0.4, 0.5) is 13.2 Å². The monoisotopic (exact) mass is 297 g/mol. The fourth-order valence-electron chi connectivity index (χ4n) is 1.42. The number of rotatable bonds is 8. The van der Waals surface area contributed by atoms with E-state index in [2.05, 4.69) is 20.4 Å². The Morgan fingerprint density at radius 1 is 1.15 bits per heavy atom. The first-order valence-electron chi connectivity index (χ1n) is 6.47. The van der Waals surface area contributed by atoms with Crippen LogP contribution in [0.3, 0.4) is 0 Å². The topological polar surface area (TPSA) is 62.7 Å². The first kappa shape index (κ1) is 18.5. The third kappa shape index (κ3) is 11.6. The second-order valence-corrected chi connectivity index (χ2v) is 4.18. The van der Waals surface area contributed by atoms with Crippen LogP contribution in [0.2, 0.25) is 0 Å². The van der Waals surface area contributed by atoms with Gasteiger partial charge < -0.3 is 15.4 Å². The SMILES string of the molecule is CN=C(NCCCCCC(=O)OC)NCCC(F)(F)F. The van der Waals surface area contributed by atoms with E-state index in [1.54, 1.807) is 0 Å². The summed E-state index contributed by atoms with van der Waals surface area (Å²) < 4.78 is 40.4. The highest BCUT2D eigenvalue weighted by Gasteiger charge is 2.26. The number of carbonyl (C=O) groups is 1. The Balaban J connectivity index is 3.59. The van der Waals surface area contributed by atoms with Crippen molar-refractivity contribution in [2.45, 2.75) is 38.3 Å². The highest BCUT2D eigenvalue weighted by molar-refractivity contribution is 5.79. The first-order valence-corrected chi connectivity index (χ1v) is 6.47. The maximum absolute atomic E-state index is 12.0. The molecule has 8 heteroatoms. The van der Waals surface area contributed by atoms with Crippen molar-refractivity contribution in [2.75, 3.05) is 27.2 Å². The lowest BCUT2D eigenvalue weighted by Crippen LogP contribution is -2.39. The number of hydrogen-bond acceptors (Lipinski definition) is 3. The Kier molecular flexibility index (Phi) is 9.57. The number of ether oxygens (including phenoxy) is 1. The molecule has 0 amide bonds. The maximum atomic E-state index is 12.0. The van der Waals surface area contributed by atoms with Crippen LogP contribution >= 0.6 is 0 Å². The molecule has 0 spiro atoms. The average molecular weight is 297 g/mol. The van der Waals surface area contributed by atoms with Gasteiger partial charge in [-0.3, -0.25) is 9.79 Å². The van der Waals surface area contributed by atoms with Gasteiger partial charge >= 0.3 is 12.1 Å². The molecule has 118 valence electrons. The summed E-state index contributed by atoms with van der Waals surface area (Å²) in [7, 11) is 2.85. The van der Waals surface area contributed by atoms with Crippen LogP contribution in [0, 0.1) is 0 Å². The van der Waals surface area contributed by atoms with E-state index in [4.69, 9.17) is 0 Å². The fraction of sp³-hybridized carbons (Fsp3) is 0.833. The number of hydrogen-bond donors (Lipinski definition) is 2. The molecule has 0 aliphatic rings. The van der Waals surface area contributed by atoms with Crippen molar-refractivity contribution in [2.24, 2.45) is 4.99 Å². The number of aliphatic imine (C=N–C) groups is 1. The smallest absolute Gasteiger partial charge is 0.390 e. The van der Waals surface area contributed by atoms with Crippen molar-refractivity contribution in [1.29, 1.82) is 0 Å². The summed E-state index contributed by atoms with van der Waals surface area (Å²) in [4.78, 5) is 14.7. The number of esters is 1. The molecule has 0 saturated heterocycles. The zero-order valence-electron chi connectivity index (χ0n) is 11.8. The van der Waals surface area contributed by atoms with E-state index in [1.165, 1.54) is 14.2 Å². The number of carbonyl (C=O) groups excluding carboxylic acids is 1. The zero-order chi connectivity index (χ0) is 15.4. The number of guanidine groups is 1. The van der Waals surface area contributed by atoms with Gasteiger partial charge in [-0.2, -0.15) is 13.2 Å². The van der Waals surface area contributed by atoms with Crippen molar-refractivity contribution in [1.82, 2.24) is 10.6 Å². The minimum absolute atomic E-state index is 0.203. The molecule has 0 aliphatic carbocycles. The molecule has 0 heterocycles. The number of nitrogens with one attached hydrogen (secondary N) is 2. The summed E-state index contributed by atoms with van der Waals surface area (Å²) in [6.07, 6.45) is -2.31. The molecule has 20 heavy (non-hydrogen) atoms. The van der Waals surface area contributed by atoms with Gasteiger partial charge in [-0.15, -0.1) is 0 Å². The van der Waals surface area contributed by atoms with Gasteiger partial charge in [0.15, 0.2) is 5.96 Å². The van der Waals surface area contributed by atoms with Crippen LogP contribution in [-0.4, -0.2) is 45.4 Å². The van der Waals surface area contributed by atoms with Gasteiger partial charge in [0, 0.05) is 26.6 Å². The van der Waals surface area contributed by atoms with Crippen LogP contribution in [0.5, 0.6) is 0 Å². The normalized spacial score (nSPS) is 12.2. The summed E-state index contributed by atoms with van der Waals surface area (Å²) in [6.45, 7) is 0.387. The highest BCUT2D eigenvalue weighted by atomic mass is 19.4. The standard InChI is InChI=1S/C12H22F3N3O2/c1-16-11(18-9-7-12(13,14)15)17-8-5-3-4-6-10(19)20-2/h3-9H2,1-2H3,(H2,16,17,18). The van der Waals surface area contributed by atoms with Crippen LogP contribution in [0.15, 0.2) is 4.99 Å². The van der Waals surface area contributed by atoms with E-state index in [-0.39, 0.29) is 12.5 Å². The molecule has 2 N–H and O–H groups in total. The molecule has 0 radical (unpaired) electrons. The largest absolute Gasteiger partial charge is 0.469 e. The lowest BCUT2D eigenvalue weighted by Gasteiger charge is -2.12. The molecule has 0 aromatic carbocycles. The van der Waals surface area contributed by atoms with Crippen LogP contribution < -0.4 is 10.6 Å². The molecule has 0 aliphatic heterocycles. The maximum Gasteiger partial charge on any atom is 0.390 e. The minimum atomic E-state index is -4.17. The van der Waals surface area contributed by atoms with E-state index in [9.17, 15) is 18.0 Å². The van der Waals surface area contributed by atoms with Gasteiger partial charge in [0.05, 0.1) is 13.5 Å². The molecular weight excluding hydrogens is 275 g/mol. The van der Waals surface area contributed by atoms with Gasteiger partial charge in [0.2, 0.25) is 0 Å². The Labute approximate surface area is 117 Å². The summed E-state index contributed by atoms with van der Waals surface area (Å²) in [6, 6.07) is 0. The number of unbranched alkanes of at least 4 members (excludes halogenated alkanes) is 2. The number of alkyl halides is 3. The van der Waals surface area contributed by atoms with Crippen molar-refractivity contribution < 1.29 is 22.7 Å². The fourth-order valence-corrected chi connectivity index (χ4v) is 1.42. The number of nitrogens with zero attached hydrogens (tertiary/aromatic N) is 1. The molecule has 5 nitrogen and oxygen atoms in total. The molecule has 0 rings (SSSR count). The summed E-state index contributed by atoms with van der Waals surface area (Å²) in [5.41, 5.74) is 0. The summed E-state index contributed by atoms with van der Waals surface area (Å²) in [5, 5.41) is 5.50. The number of halogens is 3. The summed E-state index contributed by atoms with van der Waals surface area (Å²) >= 11 is 0. The molecular formula is C12H22F3N3O2. The van der Waals surface area contributed by atoms with Gasteiger partial charge in [0.1, 0.15) is 0 Å². The Morgan fingerprint density at radius 2 is 1.80 bits per heavy atom. The predicted molar refractivity (Wildman–Crippen MR) is 70.5 cm³/mol. The molecule has 0 atom stereocenters. The van der Waals surface area contributed by atoms with E-state index < -0.39 is 12.6 Å². The minimum Gasteiger partial charge on any atom is -0.469 e. The second kappa shape index (κ2) is 10.3. The van der Waals surface area contributed by atoms with Crippen molar-refractivity contribution in [3.8, 4) is 0 Å². The molecule has 0 saturated carbocycles. The molecule has 0 fully saturated rings. The van der Waals surface area contributed by atoms with E-state index in [0.717, 1.165) is 19.3 Å². The van der Waals surface area contributed by atoms with Gasteiger partial charge in [0.25, 0.3) is 0 Å². The quantitative estimate of drug-likeness (QED) is 0.310. The van der Waals surface area contributed by atoms with Gasteiger partial charge in [-0.1, -0.05) is 6.42 Å². The van der Waals surface area contributed by atoms with Crippen LogP contribution in [0.1, 0.15) is 32.1 Å². The average Bonchev–Trinajstić information content (AvgIpc) is 2.38. The lowest BCUT2D eigenvalue weighted by molar-refractivity contribution is -0.140. The van der Waals surface area contributed by atoms with E-state index >= 15 is 0 Å². The predicted octanol–water partition coefficient (Wildman–Crippen LogP) is 1.84. The van der Waals surface area contributed by atoms with Crippen LogP contribution in [-0.2, 0) is 9.53 Å². The van der Waals surface area contributed by atoms with Crippen molar-refractivity contribution in [3.05, 3.63) is 0 Å². The van der Waals surface area contributed by atoms with Crippen molar-refractivity contribution in [3.63, 3.8) is 0 Å². The van der Waals surface area contributed by atoms with E-state index in [1.807, 2.05) is 0 Å². The molecule has 0 unspecified atom stereocenters. The van der Waals surface area contributed by atoms with E-state index in [0.29, 0.717) is 18.9 Å². The Hall–Kier alpha value is -1.47. The third-order valence-corrected chi connectivity index (χ3v) is 2.50. The number of methoxy groups -OCH3 is 1. The summed E-state index contributed by atoms with van der Waals surface area (Å²) in [5.74, 6) is 0.116. The zero-order valence-corrected chi connectivity index (χ0v) is 11.8. The van der Waals surface area contributed by atoms with Crippen LogP contribution in [0.25, 0.3) is 0 Å². The lowest BCUT2D eigenvalue weighted by atomic mass is 10.2. The Bertz CT molecular complexity index is 307. The second-order valence-electron chi connectivity index (χ2n) is 4.18. The third-order valence-electron chi connectivity index (χ3n) is 2.50. The Morgan fingerprint density at radius 3 is 2.35 bits per heavy atom.